The van der Waals surface area contributed by atoms with Crippen LogP contribution >= 0.6 is 22.6 Å². The molecular weight excluding hydrogens is 381 g/mol. The van der Waals surface area contributed by atoms with E-state index in [0.29, 0.717) is 16.0 Å². The third-order valence-corrected chi connectivity index (χ3v) is 5.42. The van der Waals surface area contributed by atoms with Crippen LogP contribution in [0.2, 0.25) is 0 Å². The number of benzene rings is 1. The first-order valence-electron chi connectivity index (χ1n) is 5.92. The molecule has 19 heavy (non-hydrogen) atoms. The Balaban J connectivity index is 2.14. The third kappa shape index (κ3) is 3.90. The third-order valence-electron chi connectivity index (χ3n) is 3.02. The fraction of sp³-hybridized carbons (Fsp3) is 0.417. The summed E-state index contributed by atoms with van der Waals surface area (Å²) < 4.78 is 27.1. The van der Waals surface area contributed by atoms with Crippen LogP contribution in [-0.4, -0.2) is 26.0 Å². The van der Waals surface area contributed by atoms with Gasteiger partial charge < -0.3 is 5.11 Å². The summed E-state index contributed by atoms with van der Waals surface area (Å²) in [5.74, 6) is -0.478. The summed E-state index contributed by atoms with van der Waals surface area (Å²) in [5.41, 5.74) is 0.00525. The van der Waals surface area contributed by atoms with Gasteiger partial charge in [0.15, 0.2) is 0 Å². The zero-order valence-electron chi connectivity index (χ0n) is 10.1. The van der Waals surface area contributed by atoms with Crippen molar-refractivity contribution in [3.63, 3.8) is 0 Å². The highest BCUT2D eigenvalue weighted by molar-refractivity contribution is 14.1. The SMILES string of the molecule is O=C(O)c1cc(S(=O)(=O)NCCC2CC2)ccc1I. The molecule has 0 heterocycles. The molecule has 1 fully saturated rings. The number of halogens is 1. The van der Waals surface area contributed by atoms with Crippen molar-refractivity contribution < 1.29 is 18.3 Å². The van der Waals surface area contributed by atoms with E-state index in [1.165, 1.54) is 31.0 Å². The van der Waals surface area contributed by atoms with Crippen molar-refractivity contribution in [2.24, 2.45) is 5.92 Å². The molecule has 5 nitrogen and oxygen atoms in total. The van der Waals surface area contributed by atoms with Crippen LogP contribution in [0.1, 0.15) is 29.6 Å². The van der Waals surface area contributed by atoms with E-state index in [4.69, 9.17) is 5.11 Å². The largest absolute Gasteiger partial charge is 0.478 e. The monoisotopic (exact) mass is 395 g/mol. The summed E-state index contributed by atoms with van der Waals surface area (Å²) in [6.07, 6.45) is 3.19. The predicted octanol–water partition coefficient (Wildman–Crippen LogP) is 2.07. The molecule has 1 saturated carbocycles. The van der Waals surface area contributed by atoms with Crippen molar-refractivity contribution in [1.29, 1.82) is 0 Å². The van der Waals surface area contributed by atoms with Crippen LogP contribution in [0.5, 0.6) is 0 Å². The van der Waals surface area contributed by atoms with Crippen molar-refractivity contribution >= 4 is 38.6 Å². The standard InChI is InChI=1S/C12H14INO4S/c13-11-4-3-9(7-10(11)12(15)16)19(17,18)14-6-5-8-1-2-8/h3-4,7-8,14H,1-2,5-6H2,(H,15,16). The summed E-state index contributed by atoms with van der Waals surface area (Å²) >= 11 is 1.87. The van der Waals surface area contributed by atoms with E-state index >= 15 is 0 Å². The van der Waals surface area contributed by atoms with Gasteiger partial charge in [0.25, 0.3) is 0 Å². The van der Waals surface area contributed by atoms with E-state index in [9.17, 15) is 13.2 Å². The number of carbonyl (C=O) groups is 1. The molecule has 0 saturated heterocycles. The molecule has 104 valence electrons. The fourth-order valence-corrected chi connectivity index (χ4v) is 3.36. The second-order valence-corrected chi connectivity index (χ2v) is 7.51. The van der Waals surface area contributed by atoms with Gasteiger partial charge in [-0.05, 0) is 53.1 Å². The van der Waals surface area contributed by atoms with Crippen LogP contribution in [0.3, 0.4) is 0 Å². The summed E-state index contributed by atoms with van der Waals surface area (Å²) in [4.78, 5) is 11.0. The molecule has 1 aliphatic carbocycles. The molecule has 2 rings (SSSR count). The highest BCUT2D eigenvalue weighted by Gasteiger charge is 2.22. The average molecular weight is 395 g/mol. The number of carboxylic acids is 1. The quantitative estimate of drug-likeness (QED) is 0.723. The highest BCUT2D eigenvalue weighted by atomic mass is 127. The predicted molar refractivity (Wildman–Crippen MR) is 78.6 cm³/mol. The number of rotatable bonds is 6. The minimum absolute atomic E-state index is 0.00103. The van der Waals surface area contributed by atoms with Crippen LogP contribution in [0.15, 0.2) is 23.1 Å². The van der Waals surface area contributed by atoms with Gasteiger partial charge in [-0.1, -0.05) is 12.8 Å². The summed E-state index contributed by atoms with van der Waals surface area (Å²) in [6.45, 7) is 0.404. The lowest BCUT2D eigenvalue weighted by Gasteiger charge is -2.08. The molecular formula is C12H14INO4S. The smallest absolute Gasteiger partial charge is 0.336 e. The van der Waals surface area contributed by atoms with Gasteiger partial charge in [0.2, 0.25) is 10.0 Å². The molecule has 1 aromatic rings. The highest BCUT2D eigenvalue weighted by Crippen LogP contribution is 2.31. The van der Waals surface area contributed by atoms with Crippen LogP contribution < -0.4 is 4.72 Å². The molecule has 0 unspecified atom stereocenters. The maximum atomic E-state index is 12.0. The number of aromatic carboxylic acids is 1. The van der Waals surface area contributed by atoms with E-state index in [1.807, 2.05) is 22.6 Å². The second-order valence-electron chi connectivity index (χ2n) is 4.58. The lowest BCUT2D eigenvalue weighted by molar-refractivity contribution is 0.0695. The Labute approximate surface area is 125 Å². The molecule has 0 radical (unpaired) electrons. The number of sulfonamides is 1. The van der Waals surface area contributed by atoms with Crippen molar-refractivity contribution in [3.05, 3.63) is 27.3 Å². The van der Waals surface area contributed by atoms with E-state index < -0.39 is 16.0 Å². The first kappa shape index (κ1) is 14.7. The molecule has 1 aliphatic rings. The number of hydrogen-bond donors (Lipinski definition) is 2. The van der Waals surface area contributed by atoms with Gasteiger partial charge in [0, 0.05) is 10.1 Å². The van der Waals surface area contributed by atoms with Gasteiger partial charge in [0.05, 0.1) is 10.5 Å². The minimum Gasteiger partial charge on any atom is -0.478 e. The van der Waals surface area contributed by atoms with Crippen molar-refractivity contribution in [2.45, 2.75) is 24.2 Å². The Morgan fingerprint density at radius 3 is 2.68 bits per heavy atom. The molecule has 7 heteroatoms. The van der Waals surface area contributed by atoms with Crippen molar-refractivity contribution in [3.8, 4) is 0 Å². The molecule has 0 aromatic heterocycles. The van der Waals surface area contributed by atoms with Crippen LogP contribution in [0, 0.1) is 9.49 Å². The Morgan fingerprint density at radius 1 is 1.42 bits per heavy atom. The molecule has 0 aliphatic heterocycles. The van der Waals surface area contributed by atoms with Gasteiger partial charge in [0.1, 0.15) is 0 Å². The van der Waals surface area contributed by atoms with Gasteiger partial charge in [-0.2, -0.15) is 0 Å². The minimum atomic E-state index is -3.62. The lowest BCUT2D eigenvalue weighted by Crippen LogP contribution is -2.25. The molecule has 0 spiro atoms. The molecule has 0 atom stereocenters. The molecule has 0 amide bonds. The molecule has 0 bridgehead atoms. The van der Waals surface area contributed by atoms with E-state index in [2.05, 4.69) is 4.72 Å². The zero-order chi connectivity index (χ0) is 14.0. The van der Waals surface area contributed by atoms with Crippen LogP contribution in [-0.2, 0) is 10.0 Å². The number of nitrogens with one attached hydrogen (secondary N) is 1. The Bertz CT molecular complexity index is 596. The molecule has 2 N–H and O–H groups in total. The maximum Gasteiger partial charge on any atom is 0.336 e. The van der Waals surface area contributed by atoms with E-state index in [1.54, 1.807) is 0 Å². The zero-order valence-corrected chi connectivity index (χ0v) is 13.1. The van der Waals surface area contributed by atoms with Crippen molar-refractivity contribution in [2.75, 3.05) is 6.54 Å². The summed E-state index contributed by atoms with van der Waals surface area (Å²) in [5, 5.41) is 8.99. The fourth-order valence-electron chi connectivity index (χ4n) is 1.72. The lowest BCUT2D eigenvalue weighted by atomic mass is 10.2. The van der Waals surface area contributed by atoms with Gasteiger partial charge in [-0.25, -0.2) is 17.9 Å². The number of hydrogen-bond acceptors (Lipinski definition) is 3. The Hall–Kier alpha value is -0.670. The average Bonchev–Trinajstić information content (AvgIpc) is 3.12. The topological polar surface area (TPSA) is 83.5 Å². The molecule has 1 aromatic carbocycles. The van der Waals surface area contributed by atoms with Gasteiger partial charge >= 0.3 is 5.97 Å². The summed E-state index contributed by atoms with van der Waals surface area (Å²) in [7, 11) is -3.62. The van der Waals surface area contributed by atoms with Crippen molar-refractivity contribution in [1.82, 2.24) is 4.72 Å². The first-order valence-corrected chi connectivity index (χ1v) is 8.49. The van der Waals surface area contributed by atoms with Gasteiger partial charge in [-0.3, -0.25) is 0 Å². The van der Waals surface area contributed by atoms with Gasteiger partial charge in [-0.15, -0.1) is 0 Å². The Kier molecular flexibility index (Phi) is 4.46. The maximum absolute atomic E-state index is 12.0. The van der Waals surface area contributed by atoms with Crippen LogP contribution in [0.25, 0.3) is 0 Å². The van der Waals surface area contributed by atoms with Crippen LogP contribution in [0.4, 0.5) is 0 Å². The number of carboxylic acid groups (broad SMARTS) is 1. The van der Waals surface area contributed by atoms with E-state index in [0.717, 1.165) is 6.42 Å². The first-order chi connectivity index (χ1) is 8.90. The van der Waals surface area contributed by atoms with E-state index in [-0.39, 0.29) is 10.5 Å². The second kappa shape index (κ2) is 5.76. The Morgan fingerprint density at radius 2 is 2.11 bits per heavy atom. The summed E-state index contributed by atoms with van der Waals surface area (Å²) in [6, 6.07) is 4.12. The normalized spacial score (nSPS) is 15.4.